The van der Waals surface area contributed by atoms with Gasteiger partial charge in [0.05, 0.1) is 21.3 Å². The summed E-state index contributed by atoms with van der Waals surface area (Å²) < 4.78 is 16.2. The van der Waals surface area contributed by atoms with Gasteiger partial charge in [-0.1, -0.05) is 23.7 Å². The molecule has 2 nitrogen and oxygen atoms in total. The fourth-order valence-corrected chi connectivity index (χ4v) is 1.91. The average Bonchev–Trinajstić information content (AvgIpc) is 2.59. The van der Waals surface area contributed by atoms with Gasteiger partial charge in [0.15, 0.2) is 0 Å². The predicted octanol–water partition coefficient (Wildman–Crippen LogP) is 3.33. The molecule has 0 radical (unpaired) electrons. The van der Waals surface area contributed by atoms with Crippen LogP contribution in [0.1, 0.15) is 5.56 Å². The summed E-state index contributed by atoms with van der Waals surface area (Å²) >= 11 is 7.83. The lowest BCUT2D eigenvalue weighted by Gasteiger charge is -2.04. The lowest BCUT2D eigenvalue weighted by atomic mass is 10.2. The van der Waals surface area contributed by atoms with Gasteiger partial charge in [-0.2, -0.15) is 5.10 Å². The Hall–Kier alpha value is -0.620. The number of nitrogens with zero attached hydrogens (tertiary/aromatic N) is 2. The molecule has 0 unspecified atom stereocenters. The van der Waals surface area contributed by atoms with Crippen molar-refractivity contribution < 1.29 is 4.39 Å². The van der Waals surface area contributed by atoms with Crippen LogP contribution in [0.15, 0.2) is 30.6 Å². The normalized spacial score (nSPS) is 10.6. The zero-order chi connectivity index (χ0) is 10.8. The number of benzene rings is 1. The second kappa shape index (κ2) is 4.49. The minimum Gasteiger partial charge on any atom is -0.267 e. The molecule has 0 amide bonds. The zero-order valence-electron chi connectivity index (χ0n) is 7.62. The largest absolute Gasteiger partial charge is 0.267 e. The van der Waals surface area contributed by atoms with Crippen molar-refractivity contribution in [3.63, 3.8) is 0 Å². The second-order valence-electron chi connectivity index (χ2n) is 3.07. The van der Waals surface area contributed by atoms with E-state index in [4.69, 9.17) is 11.6 Å². The van der Waals surface area contributed by atoms with E-state index < -0.39 is 0 Å². The third-order valence-corrected chi connectivity index (χ3v) is 2.81. The number of halogens is 3. The summed E-state index contributed by atoms with van der Waals surface area (Å²) in [5.41, 5.74) is 0.544. The smallest absolute Gasteiger partial charge is 0.146 e. The van der Waals surface area contributed by atoms with Gasteiger partial charge in [0, 0.05) is 11.8 Å². The first-order valence-corrected chi connectivity index (χ1v) is 5.73. The van der Waals surface area contributed by atoms with E-state index >= 15 is 0 Å². The maximum atomic E-state index is 13.5. The van der Waals surface area contributed by atoms with E-state index in [1.165, 1.54) is 6.07 Å². The summed E-state index contributed by atoms with van der Waals surface area (Å²) in [5.74, 6) is -0.371. The third-order valence-electron chi connectivity index (χ3n) is 1.97. The van der Waals surface area contributed by atoms with Gasteiger partial charge in [-0.3, -0.25) is 4.68 Å². The van der Waals surface area contributed by atoms with Crippen molar-refractivity contribution in [2.75, 3.05) is 0 Å². The van der Waals surface area contributed by atoms with Crippen LogP contribution in [0.25, 0.3) is 0 Å². The predicted molar refractivity (Wildman–Crippen MR) is 65.5 cm³/mol. The van der Waals surface area contributed by atoms with Crippen molar-refractivity contribution in [1.82, 2.24) is 9.78 Å². The summed E-state index contributed by atoms with van der Waals surface area (Å²) in [6, 6.07) is 4.97. The highest BCUT2D eigenvalue weighted by molar-refractivity contribution is 14.1. The quantitative estimate of drug-likeness (QED) is 0.769. The molecular weight excluding hydrogens is 329 g/mol. The molecule has 0 spiro atoms. The maximum Gasteiger partial charge on any atom is 0.146 e. The lowest BCUT2D eigenvalue weighted by Crippen LogP contribution is -2.02. The Balaban J connectivity index is 2.28. The van der Waals surface area contributed by atoms with Crippen LogP contribution in [-0.2, 0) is 6.54 Å². The summed E-state index contributed by atoms with van der Waals surface area (Å²) in [6.45, 7) is 0.398. The minimum absolute atomic E-state index is 0.148. The Morgan fingerprint density at radius 3 is 2.93 bits per heavy atom. The topological polar surface area (TPSA) is 17.8 Å². The number of rotatable bonds is 2. The van der Waals surface area contributed by atoms with Gasteiger partial charge in [0.1, 0.15) is 5.82 Å². The standard InChI is InChI=1S/C10H7ClFIN2/c11-9-3-1-2-7(10(9)12)5-15-6-8(13)4-14-15/h1-4,6H,5H2. The summed E-state index contributed by atoms with van der Waals surface area (Å²) in [7, 11) is 0. The highest BCUT2D eigenvalue weighted by Crippen LogP contribution is 2.18. The molecule has 1 heterocycles. The lowest BCUT2D eigenvalue weighted by molar-refractivity contribution is 0.585. The fraction of sp³-hybridized carbons (Fsp3) is 0.100. The summed E-state index contributed by atoms with van der Waals surface area (Å²) in [6.07, 6.45) is 3.57. The molecule has 0 fully saturated rings. The molecule has 0 saturated carbocycles. The molecule has 1 aromatic carbocycles. The molecule has 0 bridgehead atoms. The van der Waals surface area contributed by atoms with Crippen LogP contribution < -0.4 is 0 Å². The number of hydrogen-bond acceptors (Lipinski definition) is 1. The van der Waals surface area contributed by atoms with Gasteiger partial charge in [0.25, 0.3) is 0 Å². The van der Waals surface area contributed by atoms with Crippen molar-refractivity contribution in [1.29, 1.82) is 0 Å². The number of hydrogen-bond donors (Lipinski definition) is 0. The Kier molecular flexibility index (Phi) is 3.25. The van der Waals surface area contributed by atoms with E-state index in [0.717, 1.165) is 3.57 Å². The maximum absolute atomic E-state index is 13.5. The molecule has 2 aromatic rings. The molecular formula is C10H7ClFIN2. The molecule has 78 valence electrons. The molecule has 0 aliphatic rings. The first-order valence-electron chi connectivity index (χ1n) is 4.27. The molecule has 0 aliphatic carbocycles. The van der Waals surface area contributed by atoms with Gasteiger partial charge < -0.3 is 0 Å². The van der Waals surface area contributed by atoms with Crippen molar-refractivity contribution in [3.05, 3.63) is 50.6 Å². The van der Waals surface area contributed by atoms with Gasteiger partial charge >= 0.3 is 0 Å². The molecule has 0 saturated heterocycles. The van der Waals surface area contributed by atoms with Gasteiger partial charge in [-0.25, -0.2) is 4.39 Å². The van der Waals surface area contributed by atoms with Crippen molar-refractivity contribution in [2.45, 2.75) is 6.54 Å². The Labute approximate surface area is 105 Å². The SMILES string of the molecule is Fc1c(Cl)cccc1Cn1cc(I)cn1. The van der Waals surface area contributed by atoms with E-state index in [9.17, 15) is 4.39 Å². The van der Waals surface area contributed by atoms with Crippen LogP contribution >= 0.6 is 34.2 Å². The van der Waals surface area contributed by atoms with Gasteiger partial charge in [-0.05, 0) is 28.7 Å². The van der Waals surface area contributed by atoms with Gasteiger partial charge in [0.2, 0.25) is 0 Å². The summed E-state index contributed by atoms with van der Waals surface area (Å²) in [5, 5.41) is 4.23. The Morgan fingerprint density at radius 1 is 1.47 bits per heavy atom. The molecule has 0 aliphatic heterocycles. The Morgan fingerprint density at radius 2 is 2.27 bits per heavy atom. The van der Waals surface area contributed by atoms with Gasteiger partial charge in [-0.15, -0.1) is 0 Å². The van der Waals surface area contributed by atoms with Crippen molar-refractivity contribution >= 4 is 34.2 Å². The average molecular weight is 337 g/mol. The minimum atomic E-state index is -0.371. The van der Waals surface area contributed by atoms with Crippen LogP contribution in [0.2, 0.25) is 5.02 Å². The zero-order valence-corrected chi connectivity index (χ0v) is 10.5. The van der Waals surface area contributed by atoms with Crippen molar-refractivity contribution in [2.24, 2.45) is 0 Å². The van der Waals surface area contributed by atoms with Crippen LogP contribution in [0, 0.1) is 9.39 Å². The monoisotopic (exact) mass is 336 g/mol. The van der Waals surface area contributed by atoms with Crippen LogP contribution in [-0.4, -0.2) is 9.78 Å². The van der Waals surface area contributed by atoms with E-state index in [-0.39, 0.29) is 10.8 Å². The van der Waals surface area contributed by atoms with Crippen molar-refractivity contribution in [3.8, 4) is 0 Å². The van der Waals surface area contributed by atoms with E-state index in [1.807, 2.05) is 6.20 Å². The first kappa shape index (κ1) is 10.9. The van der Waals surface area contributed by atoms with E-state index in [0.29, 0.717) is 12.1 Å². The van der Waals surface area contributed by atoms with E-state index in [1.54, 1.807) is 23.0 Å². The first-order chi connectivity index (χ1) is 7.16. The van der Waals surface area contributed by atoms with Crippen LogP contribution in [0.4, 0.5) is 4.39 Å². The second-order valence-corrected chi connectivity index (χ2v) is 4.72. The van der Waals surface area contributed by atoms with E-state index in [2.05, 4.69) is 27.7 Å². The highest BCUT2D eigenvalue weighted by Gasteiger charge is 2.06. The third kappa shape index (κ3) is 2.49. The molecule has 0 atom stereocenters. The number of aromatic nitrogens is 2. The summed E-state index contributed by atoms with van der Waals surface area (Å²) in [4.78, 5) is 0. The molecule has 5 heteroatoms. The Bertz CT molecular complexity index is 484. The molecule has 15 heavy (non-hydrogen) atoms. The van der Waals surface area contributed by atoms with Crippen LogP contribution in [0.5, 0.6) is 0 Å². The fourth-order valence-electron chi connectivity index (χ4n) is 1.27. The molecule has 2 rings (SSSR count). The van der Waals surface area contributed by atoms with Crippen LogP contribution in [0.3, 0.4) is 0 Å². The highest BCUT2D eigenvalue weighted by atomic mass is 127. The molecule has 1 aromatic heterocycles. The molecule has 0 N–H and O–H groups in total.